The van der Waals surface area contributed by atoms with E-state index < -0.39 is 0 Å². The summed E-state index contributed by atoms with van der Waals surface area (Å²) in [6.07, 6.45) is 0. The van der Waals surface area contributed by atoms with Gasteiger partial charge in [-0.3, -0.25) is 9.59 Å². The van der Waals surface area contributed by atoms with Crippen LogP contribution in [0.4, 0.5) is 0 Å². The van der Waals surface area contributed by atoms with E-state index in [0.29, 0.717) is 22.0 Å². The Morgan fingerprint density at radius 3 is 1.53 bits per heavy atom. The molecule has 0 N–H and O–H groups in total. The van der Waals surface area contributed by atoms with Crippen LogP contribution in [0.3, 0.4) is 0 Å². The lowest BCUT2D eigenvalue weighted by Crippen LogP contribution is -2.32. The molecule has 2 heterocycles. The van der Waals surface area contributed by atoms with E-state index in [2.05, 4.69) is 0 Å². The SMILES string of the molecule is O=c1c2ccccc2c(=O)n2c3ccccc3c(-c3ccccc3)c(-c3ccccc3)n12. The van der Waals surface area contributed by atoms with Crippen LogP contribution in [-0.2, 0) is 0 Å². The molecule has 0 aliphatic heterocycles. The monoisotopic (exact) mass is 414 g/mol. The van der Waals surface area contributed by atoms with Gasteiger partial charge in [-0.25, -0.2) is 9.03 Å². The van der Waals surface area contributed by atoms with Crippen molar-refractivity contribution < 1.29 is 0 Å². The van der Waals surface area contributed by atoms with E-state index in [1.54, 1.807) is 28.8 Å². The highest BCUT2D eigenvalue weighted by Crippen LogP contribution is 2.36. The molecule has 0 unspecified atom stereocenters. The molecule has 4 aromatic carbocycles. The van der Waals surface area contributed by atoms with Gasteiger partial charge in [-0.2, -0.15) is 0 Å². The fourth-order valence-electron chi connectivity index (χ4n) is 4.55. The van der Waals surface area contributed by atoms with E-state index in [9.17, 15) is 9.59 Å². The first-order valence-corrected chi connectivity index (χ1v) is 10.5. The molecule has 4 nitrogen and oxygen atoms in total. The van der Waals surface area contributed by atoms with Gasteiger partial charge in [-0.1, -0.05) is 91.0 Å². The lowest BCUT2D eigenvalue weighted by molar-refractivity contribution is 0.780. The maximum Gasteiger partial charge on any atom is 0.278 e. The lowest BCUT2D eigenvalue weighted by atomic mass is 9.95. The lowest BCUT2D eigenvalue weighted by Gasteiger charge is -2.20. The highest BCUT2D eigenvalue weighted by Gasteiger charge is 2.21. The van der Waals surface area contributed by atoms with Crippen molar-refractivity contribution in [3.05, 3.63) is 130 Å². The summed E-state index contributed by atoms with van der Waals surface area (Å²) in [7, 11) is 0. The molecule has 32 heavy (non-hydrogen) atoms. The van der Waals surface area contributed by atoms with Crippen molar-refractivity contribution in [1.29, 1.82) is 0 Å². The molecule has 0 aliphatic carbocycles. The van der Waals surface area contributed by atoms with Crippen molar-refractivity contribution in [2.24, 2.45) is 0 Å². The number of hydrogen-bond donors (Lipinski definition) is 0. The van der Waals surface area contributed by atoms with Gasteiger partial charge in [-0.15, -0.1) is 0 Å². The van der Waals surface area contributed by atoms with Crippen LogP contribution in [0.15, 0.2) is 119 Å². The van der Waals surface area contributed by atoms with E-state index >= 15 is 0 Å². The smallest absolute Gasteiger partial charge is 0.267 e. The first kappa shape index (κ1) is 18.3. The molecule has 6 aromatic rings. The molecule has 0 amide bonds. The van der Waals surface area contributed by atoms with Gasteiger partial charge in [0.15, 0.2) is 0 Å². The van der Waals surface area contributed by atoms with Crippen LogP contribution in [-0.4, -0.2) is 9.03 Å². The summed E-state index contributed by atoms with van der Waals surface area (Å²) in [5.74, 6) is 0. The summed E-state index contributed by atoms with van der Waals surface area (Å²) in [6, 6.07) is 34.6. The number of hydrogen-bond acceptors (Lipinski definition) is 2. The maximum atomic E-state index is 13.9. The largest absolute Gasteiger partial charge is 0.278 e. The zero-order valence-electron chi connectivity index (χ0n) is 17.1. The Balaban J connectivity index is 2.01. The van der Waals surface area contributed by atoms with E-state index in [-0.39, 0.29) is 11.1 Å². The Labute approximate surface area is 183 Å². The van der Waals surface area contributed by atoms with Gasteiger partial charge in [0, 0.05) is 16.5 Å². The second-order valence-electron chi connectivity index (χ2n) is 7.75. The number of nitrogens with zero attached hydrogens (tertiary/aromatic N) is 2. The van der Waals surface area contributed by atoms with Gasteiger partial charge in [0.25, 0.3) is 11.1 Å². The molecular weight excluding hydrogens is 396 g/mol. The Morgan fingerprint density at radius 1 is 0.438 bits per heavy atom. The Kier molecular flexibility index (Phi) is 4.05. The third kappa shape index (κ3) is 2.56. The normalized spacial score (nSPS) is 11.4. The van der Waals surface area contributed by atoms with Gasteiger partial charge >= 0.3 is 0 Å². The summed E-state index contributed by atoms with van der Waals surface area (Å²) < 4.78 is 3.07. The van der Waals surface area contributed by atoms with Crippen LogP contribution in [0.2, 0.25) is 0 Å². The minimum Gasteiger partial charge on any atom is -0.267 e. The molecule has 152 valence electrons. The fourth-order valence-corrected chi connectivity index (χ4v) is 4.55. The molecule has 0 bridgehead atoms. The van der Waals surface area contributed by atoms with Crippen LogP contribution in [0.1, 0.15) is 0 Å². The predicted octanol–water partition coefficient (Wildman–Crippen LogP) is 5.40. The van der Waals surface area contributed by atoms with E-state index in [1.165, 1.54) is 4.52 Å². The van der Waals surface area contributed by atoms with Gasteiger partial charge in [0.2, 0.25) is 0 Å². The number of benzene rings is 4. The molecule has 0 spiro atoms. The van der Waals surface area contributed by atoms with E-state index in [4.69, 9.17) is 0 Å². The molecule has 0 saturated heterocycles. The summed E-state index contributed by atoms with van der Waals surface area (Å²) in [6.45, 7) is 0. The highest BCUT2D eigenvalue weighted by atomic mass is 16.2. The average molecular weight is 414 g/mol. The van der Waals surface area contributed by atoms with Crippen LogP contribution >= 0.6 is 0 Å². The van der Waals surface area contributed by atoms with Crippen molar-refractivity contribution in [1.82, 2.24) is 9.03 Å². The van der Waals surface area contributed by atoms with Crippen LogP contribution in [0.25, 0.3) is 44.1 Å². The van der Waals surface area contributed by atoms with Crippen molar-refractivity contribution in [2.45, 2.75) is 0 Å². The molecule has 0 fully saturated rings. The van der Waals surface area contributed by atoms with E-state index in [1.807, 2.05) is 84.9 Å². The second kappa shape index (κ2) is 7.06. The van der Waals surface area contributed by atoms with Crippen molar-refractivity contribution >= 4 is 21.7 Å². The topological polar surface area (TPSA) is 43.0 Å². The highest BCUT2D eigenvalue weighted by molar-refractivity contribution is 6.01. The zero-order valence-corrected chi connectivity index (χ0v) is 17.1. The fraction of sp³-hybridized carbons (Fsp3) is 0. The molecule has 0 radical (unpaired) electrons. The second-order valence-corrected chi connectivity index (χ2v) is 7.75. The number of para-hydroxylation sites is 1. The first-order chi connectivity index (χ1) is 15.8. The number of fused-ring (bicyclic) bond motifs is 4. The Hall–Kier alpha value is -4.44. The predicted molar refractivity (Wildman–Crippen MR) is 129 cm³/mol. The third-order valence-corrected chi connectivity index (χ3v) is 5.93. The molecule has 4 heteroatoms. The van der Waals surface area contributed by atoms with Crippen molar-refractivity contribution in [3.63, 3.8) is 0 Å². The van der Waals surface area contributed by atoms with E-state index in [0.717, 1.165) is 22.1 Å². The molecule has 0 atom stereocenters. The Morgan fingerprint density at radius 2 is 0.906 bits per heavy atom. The molecule has 2 aromatic heterocycles. The van der Waals surface area contributed by atoms with Crippen LogP contribution < -0.4 is 11.1 Å². The number of rotatable bonds is 2. The summed E-state index contributed by atoms with van der Waals surface area (Å²) in [5.41, 5.74) is 3.73. The standard InChI is InChI=1S/C28H18N2O2/c31-27-21-15-7-8-16-22(21)28(32)30-26(20-13-5-2-6-14-20)25(19-11-3-1-4-12-19)23-17-9-10-18-24(23)29(27)30/h1-18H. The number of aromatic nitrogens is 2. The summed E-state index contributed by atoms with van der Waals surface area (Å²) in [5, 5.41) is 1.74. The summed E-state index contributed by atoms with van der Waals surface area (Å²) in [4.78, 5) is 27.6. The van der Waals surface area contributed by atoms with Crippen LogP contribution in [0.5, 0.6) is 0 Å². The maximum absolute atomic E-state index is 13.9. The average Bonchev–Trinajstić information content (AvgIpc) is 2.87. The van der Waals surface area contributed by atoms with Crippen molar-refractivity contribution in [3.8, 4) is 22.4 Å². The third-order valence-electron chi connectivity index (χ3n) is 5.93. The van der Waals surface area contributed by atoms with Gasteiger partial charge < -0.3 is 0 Å². The summed E-state index contributed by atoms with van der Waals surface area (Å²) >= 11 is 0. The van der Waals surface area contributed by atoms with Crippen molar-refractivity contribution in [2.75, 3.05) is 0 Å². The Bertz CT molecular complexity index is 1750. The zero-order chi connectivity index (χ0) is 21.7. The minimum atomic E-state index is -0.220. The molecular formula is C28H18N2O2. The van der Waals surface area contributed by atoms with Gasteiger partial charge in [0.05, 0.1) is 22.0 Å². The molecule has 0 aliphatic rings. The minimum absolute atomic E-state index is 0.215. The van der Waals surface area contributed by atoms with Crippen LogP contribution in [0, 0.1) is 0 Å². The van der Waals surface area contributed by atoms with Gasteiger partial charge in [0.1, 0.15) is 0 Å². The van der Waals surface area contributed by atoms with Gasteiger partial charge in [-0.05, 0) is 23.8 Å². The molecule has 6 rings (SSSR count). The quantitative estimate of drug-likeness (QED) is 0.281. The molecule has 0 saturated carbocycles. The first-order valence-electron chi connectivity index (χ1n) is 10.5.